The third-order valence-corrected chi connectivity index (χ3v) is 11.3. The molecule has 0 amide bonds. The number of anilines is 3. The number of furan rings is 1. The Labute approximate surface area is 294 Å². The molecule has 0 unspecified atom stereocenters. The predicted octanol–water partition coefficient (Wildman–Crippen LogP) is 11.3. The first-order chi connectivity index (χ1) is 24.0. The average Bonchev–Trinajstić information content (AvgIpc) is 3.69. The van der Waals surface area contributed by atoms with Gasteiger partial charge in [0.25, 0.3) is 0 Å². The SMILES string of the molecule is CC1(C)c2ccccc2-c2ccc(N(c3ccccc3)c3ccc(-c4ccc(B5OC(C)(C)C(C)(C)O5)c5oc6ccccc6c45)cc3)cc21. The van der Waals surface area contributed by atoms with Crippen molar-refractivity contribution in [1.29, 1.82) is 0 Å². The van der Waals surface area contributed by atoms with Crippen LogP contribution in [0.3, 0.4) is 0 Å². The van der Waals surface area contributed by atoms with Crippen LogP contribution in [0.25, 0.3) is 44.2 Å². The van der Waals surface area contributed by atoms with Crippen molar-refractivity contribution in [2.75, 3.05) is 4.90 Å². The predicted molar refractivity (Wildman–Crippen MR) is 207 cm³/mol. The zero-order valence-electron chi connectivity index (χ0n) is 29.5. The summed E-state index contributed by atoms with van der Waals surface area (Å²) in [6, 6.07) is 47.8. The van der Waals surface area contributed by atoms with Gasteiger partial charge in [0.1, 0.15) is 11.2 Å². The number of benzene rings is 6. The highest BCUT2D eigenvalue weighted by Gasteiger charge is 2.52. The monoisotopic (exact) mass is 653 g/mol. The van der Waals surface area contributed by atoms with Crippen LogP contribution in [0.15, 0.2) is 138 Å². The number of fused-ring (bicyclic) bond motifs is 6. The van der Waals surface area contributed by atoms with Crippen LogP contribution in [0.1, 0.15) is 52.7 Å². The fraction of sp³-hybridized carbons (Fsp3) is 0.200. The number of nitrogens with zero attached hydrogens (tertiary/aromatic N) is 1. The maximum absolute atomic E-state index is 6.58. The Kier molecular flexibility index (Phi) is 6.77. The Morgan fingerprint density at radius 2 is 1.12 bits per heavy atom. The molecule has 1 aliphatic heterocycles. The van der Waals surface area contributed by atoms with E-state index in [1.807, 2.05) is 12.1 Å². The molecule has 0 radical (unpaired) electrons. The van der Waals surface area contributed by atoms with E-state index in [-0.39, 0.29) is 5.41 Å². The van der Waals surface area contributed by atoms with Crippen molar-refractivity contribution in [2.45, 2.75) is 58.2 Å². The molecule has 0 spiro atoms. The fourth-order valence-corrected chi connectivity index (χ4v) is 7.89. The maximum Gasteiger partial charge on any atom is 0.498 e. The summed E-state index contributed by atoms with van der Waals surface area (Å²) >= 11 is 0. The summed E-state index contributed by atoms with van der Waals surface area (Å²) in [4.78, 5) is 2.35. The molecule has 0 atom stereocenters. The van der Waals surface area contributed by atoms with Crippen LogP contribution < -0.4 is 10.4 Å². The summed E-state index contributed by atoms with van der Waals surface area (Å²) in [7, 11) is -0.524. The largest absolute Gasteiger partial charge is 0.498 e. The lowest BCUT2D eigenvalue weighted by molar-refractivity contribution is 0.00578. The molecule has 9 rings (SSSR count). The minimum atomic E-state index is -0.524. The molecule has 246 valence electrons. The smallest absolute Gasteiger partial charge is 0.456 e. The van der Waals surface area contributed by atoms with Gasteiger partial charge in [0, 0.05) is 38.7 Å². The van der Waals surface area contributed by atoms with E-state index in [0.717, 1.165) is 55.6 Å². The van der Waals surface area contributed by atoms with E-state index in [4.69, 9.17) is 13.7 Å². The van der Waals surface area contributed by atoms with Gasteiger partial charge in [-0.2, -0.15) is 0 Å². The summed E-state index contributed by atoms with van der Waals surface area (Å²) in [5.74, 6) is 0. The molecule has 7 aromatic rings. The van der Waals surface area contributed by atoms with E-state index in [2.05, 4.69) is 168 Å². The standard InChI is InChI=1S/C45H40BNO3/c1-43(2)37-18-12-10-16-34(37)35-25-24-32(28-38(35)43)47(30-14-8-7-9-15-30)31-22-20-29(21-23-31)33-26-27-39(46-49-44(3,4)45(5,6)50-46)42-41(33)36-17-11-13-19-40(36)48-42/h7-28H,1-6H3. The van der Waals surface area contributed by atoms with E-state index in [1.54, 1.807) is 0 Å². The molecular formula is C45H40BNO3. The molecule has 0 bridgehead atoms. The minimum absolute atomic E-state index is 0.0842. The molecule has 2 aliphatic rings. The summed E-state index contributed by atoms with van der Waals surface area (Å²) < 4.78 is 19.6. The average molecular weight is 654 g/mol. The number of rotatable bonds is 5. The van der Waals surface area contributed by atoms with Crippen LogP contribution in [-0.2, 0) is 14.7 Å². The Balaban J connectivity index is 1.15. The molecule has 4 nitrogen and oxygen atoms in total. The van der Waals surface area contributed by atoms with Gasteiger partial charge in [-0.05, 0) is 104 Å². The lowest BCUT2D eigenvalue weighted by Crippen LogP contribution is -2.41. The lowest BCUT2D eigenvalue weighted by Gasteiger charge is -2.32. The highest BCUT2D eigenvalue weighted by atomic mass is 16.7. The van der Waals surface area contributed by atoms with Crippen LogP contribution in [0, 0.1) is 0 Å². The summed E-state index contributed by atoms with van der Waals surface area (Å²) in [5.41, 5.74) is 12.5. The van der Waals surface area contributed by atoms with Crippen LogP contribution in [0.5, 0.6) is 0 Å². The zero-order valence-corrected chi connectivity index (χ0v) is 29.5. The molecule has 2 heterocycles. The van der Waals surface area contributed by atoms with Crippen molar-refractivity contribution in [1.82, 2.24) is 0 Å². The highest BCUT2D eigenvalue weighted by molar-refractivity contribution is 6.65. The van der Waals surface area contributed by atoms with Crippen molar-refractivity contribution in [3.8, 4) is 22.3 Å². The Morgan fingerprint density at radius 1 is 0.520 bits per heavy atom. The molecule has 1 saturated heterocycles. The first kappa shape index (κ1) is 30.9. The van der Waals surface area contributed by atoms with Gasteiger partial charge >= 0.3 is 7.12 Å². The van der Waals surface area contributed by atoms with Gasteiger partial charge in [-0.1, -0.05) is 105 Å². The molecule has 1 fully saturated rings. The van der Waals surface area contributed by atoms with Gasteiger partial charge in [-0.15, -0.1) is 0 Å². The van der Waals surface area contributed by atoms with E-state index < -0.39 is 18.3 Å². The molecule has 1 aromatic heterocycles. The van der Waals surface area contributed by atoms with Gasteiger partial charge in [0.15, 0.2) is 0 Å². The zero-order chi connectivity index (χ0) is 34.4. The van der Waals surface area contributed by atoms with E-state index >= 15 is 0 Å². The Bertz CT molecular complexity index is 2410. The van der Waals surface area contributed by atoms with Gasteiger partial charge in [-0.25, -0.2) is 0 Å². The lowest BCUT2D eigenvalue weighted by atomic mass is 9.77. The van der Waals surface area contributed by atoms with Gasteiger partial charge in [-0.3, -0.25) is 0 Å². The van der Waals surface area contributed by atoms with E-state index in [1.165, 1.54) is 22.3 Å². The molecule has 50 heavy (non-hydrogen) atoms. The molecule has 0 N–H and O–H groups in total. The summed E-state index contributed by atoms with van der Waals surface area (Å²) in [6.07, 6.45) is 0. The minimum Gasteiger partial charge on any atom is -0.456 e. The molecule has 1 aliphatic carbocycles. The maximum atomic E-state index is 6.58. The van der Waals surface area contributed by atoms with Crippen molar-refractivity contribution in [3.63, 3.8) is 0 Å². The first-order valence-corrected chi connectivity index (χ1v) is 17.5. The summed E-state index contributed by atoms with van der Waals surface area (Å²) in [5, 5.41) is 2.15. The Morgan fingerprint density at radius 3 is 1.88 bits per heavy atom. The number of hydrogen-bond donors (Lipinski definition) is 0. The third-order valence-electron chi connectivity index (χ3n) is 11.3. The van der Waals surface area contributed by atoms with Gasteiger partial charge in [0.2, 0.25) is 0 Å². The van der Waals surface area contributed by atoms with E-state index in [9.17, 15) is 0 Å². The number of hydrogen-bond acceptors (Lipinski definition) is 4. The molecule has 6 aromatic carbocycles. The number of para-hydroxylation sites is 2. The first-order valence-electron chi connectivity index (χ1n) is 17.5. The second-order valence-corrected chi connectivity index (χ2v) is 15.2. The summed E-state index contributed by atoms with van der Waals surface area (Å²) in [6.45, 7) is 13.0. The van der Waals surface area contributed by atoms with Crippen LogP contribution in [0.4, 0.5) is 17.1 Å². The second kappa shape index (κ2) is 11.0. The van der Waals surface area contributed by atoms with Crippen molar-refractivity contribution in [2.24, 2.45) is 0 Å². The fourth-order valence-electron chi connectivity index (χ4n) is 7.89. The highest BCUT2D eigenvalue weighted by Crippen LogP contribution is 2.50. The molecule has 5 heteroatoms. The second-order valence-electron chi connectivity index (χ2n) is 15.2. The third kappa shape index (κ3) is 4.61. The van der Waals surface area contributed by atoms with Crippen LogP contribution >= 0.6 is 0 Å². The quantitative estimate of drug-likeness (QED) is 0.173. The Hall–Kier alpha value is -5.10. The topological polar surface area (TPSA) is 34.8 Å². The van der Waals surface area contributed by atoms with Gasteiger partial charge in [0.05, 0.1) is 11.2 Å². The van der Waals surface area contributed by atoms with E-state index in [0.29, 0.717) is 0 Å². The normalized spacial score (nSPS) is 16.9. The van der Waals surface area contributed by atoms with Crippen LogP contribution in [-0.4, -0.2) is 18.3 Å². The van der Waals surface area contributed by atoms with Gasteiger partial charge < -0.3 is 18.6 Å². The molecular weight excluding hydrogens is 613 g/mol. The van der Waals surface area contributed by atoms with Crippen molar-refractivity contribution < 1.29 is 13.7 Å². The van der Waals surface area contributed by atoms with Crippen molar-refractivity contribution >= 4 is 51.6 Å². The van der Waals surface area contributed by atoms with Crippen molar-refractivity contribution in [3.05, 3.63) is 145 Å². The molecule has 0 saturated carbocycles. The van der Waals surface area contributed by atoms with Crippen LogP contribution in [0.2, 0.25) is 0 Å².